The van der Waals surface area contributed by atoms with Crippen LogP contribution in [0.4, 0.5) is 0 Å². The van der Waals surface area contributed by atoms with Crippen LogP contribution in [-0.2, 0) is 8.85 Å². The molecule has 0 radical (unpaired) electrons. The highest BCUT2D eigenvalue weighted by atomic mass is 127. The molecular formula is C13H25IO2Si. The van der Waals surface area contributed by atoms with Crippen LogP contribution < -0.4 is 0 Å². The lowest BCUT2D eigenvalue weighted by Crippen LogP contribution is -2.57. The first-order valence-electron chi connectivity index (χ1n) is 6.49. The van der Waals surface area contributed by atoms with E-state index in [1.54, 1.807) is 0 Å². The predicted molar refractivity (Wildman–Crippen MR) is 81.9 cm³/mol. The van der Waals surface area contributed by atoms with Crippen LogP contribution in [-0.4, -0.2) is 25.2 Å². The van der Waals surface area contributed by atoms with Gasteiger partial charge in [0.05, 0.1) is 6.61 Å². The molecule has 2 fully saturated rings. The smallest absolute Gasteiger partial charge is 0.349 e. The van der Waals surface area contributed by atoms with Gasteiger partial charge in [-0.25, -0.2) is 0 Å². The normalized spacial score (nSPS) is 37.2. The van der Waals surface area contributed by atoms with E-state index in [0.717, 1.165) is 19.1 Å². The topological polar surface area (TPSA) is 18.5 Å². The van der Waals surface area contributed by atoms with Gasteiger partial charge >= 0.3 is 8.56 Å². The van der Waals surface area contributed by atoms with Gasteiger partial charge < -0.3 is 8.85 Å². The van der Waals surface area contributed by atoms with Crippen LogP contribution in [0, 0.1) is 5.92 Å². The number of alkyl halides is 1. The van der Waals surface area contributed by atoms with E-state index in [0.29, 0.717) is 3.42 Å². The van der Waals surface area contributed by atoms with Crippen molar-refractivity contribution >= 4 is 31.2 Å². The van der Waals surface area contributed by atoms with Crippen molar-refractivity contribution in [2.75, 3.05) is 13.2 Å². The fourth-order valence-corrected chi connectivity index (χ4v) is 9.33. The van der Waals surface area contributed by atoms with Gasteiger partial charge in [0.2, 0.25) is 0 Å². The predicted octanol–water partition coefficient (Wildman–Crippen LogP) is 4.27. The van der Waals surface area contributed by atoms with E-state index in [1.165, 1.54) is 6.42 Å². The summed E-state index contributed by atoms with van der Waals surface area (Å²) in [5.74, 6) is 0.724. The van der Waals surface area contributed by atoms with Crippen LogP contribution >= 0.6 is 22.6 Å². The average Bonchev–Trinajstić information content (AvgIpc) is 2.72. The lowest BCUT2D eigenvalue weighted by Gasteiger charge is -2.48. The summed E-state index contributed by atoms with van der Waals surface area (Å²) in [7, 11) is -2.20. The Morgan fingerprint density at radius 2 is 1.59 bits per heavy atom. The van der Waals surface area contributed by atoms with Crippen LogP contribution in [0.25, 0.3) is 0 Å². The molecule has 0 aromatic carbocycles. The minimum Gasteiger partial charge on any atom is -0.393 e. The molecule has 0 unspecified atom stereocenters. The minimum absolute atomic E-state index is 0.120. The lowest BCUT2D eigenvalue weighted by atomic mass is 10.2. The quantitative estimate of drug-likeness (QED) is 0.361. The van der Waals surface area contributed by atoms with E-state index in [4.69, 9.17) is 8.85 Å². The third kappa shape index (κ3) is 2.23. The van der Waals surface area contributed by atoms with Crippen molar-refractivity contribution in [3.05, 3.63) is 0 Å². The maximum absolute atomic E-state index is 6.49. The molecule has 0 spiro atoms. The van der Waals surface area contributed by atoms with Crippen molar-refractivity contribution in [3.8, 4) is 0 Å². The number of hydrogen-bond acceptors (Lipinski definition) is 2. The zero-order chi connectivity index (χ0) is 13.1. The van der Waals surface area contributed by atoms with Crippen LogP contribution in [0.1, 0.15) is 48.0 Å². The zero-order valence-corrected chi connectivity index (χ0v) is 15.1. The molecular weight excluding hydrogens is 343 g/mol. The Morgan fingerprint density at radius 3 is 2.06 bits per heavy atom. The Kier molecular flexibility index (Phi) is 3.30. The Hall–Kier alpha value is 0.867. The molecule has 2 aliphatic rings. The highest BCUT2D eigenvalue weighted by molar-refractivity contribution is 14.1. The van der Waals surface area contributed by atoms with Gasteiger partial charge in [-0.05, 0) is 12.3 Å². The molecule has 100 valence electrons. The highest BCUT2D eigenvalue weighted by Crippen LogP contribution is 2.59. The minimum atomic E-state index is -2.20. The number of halogens is 1. The molecule has 2 nitrogen and oxygen atoms in total. The summed E-state index contributed by atoms with van der Waals surface area (Å²) in [5.41, 5.74) is 0. The molecule has 17 heavy (non-hydrogen) atoms. The van der Waals surface area contributed by atoms with Crippen molar-refractivity contribution in [1.29, 1.82) is 0 Å². The standard InChI is InChI=1S/C13H25IO2Si/c1-11(2,3)17(12(4,5)6)15-8-10-7-13(10,14)9-16-17/h10H,7-9H2,1-6H3/t10-,13-/m1/s1. The third-order valence-corrected chi connectivity index (χ3v) is 10.8. The molecule has 2 rings (SSSR count). The molecule has 0 aromatic heterocycles. The molecule has 0 N–H and O–H groups in total. The van der Waals surface area contributed by atoms with E-state index < -0.39 is 8.56 Å². The first-order valence-corrected chi connectivity index (χ1v) is 9.38. The Morgan fingerprint density at radius 1 is 1.06 bits per heavy atom. The largest absolute Gasteiger partial charge is 0.393 e. The second kappa shape index (κ2) is 3.93. The summed E-state index contributed by atoms with van der Waals surface area (Å²) < 4.78 is 13.3. The van der Waals surface area contributed by atoms with Gasteiger partial charge in [-0.3, -0.25) is 0 Å². The monoisotopic (exact) mass is 368 g/mol. The van der Waals surface area contributed by atoms with Crippen molar-refractivity contribution < 1.29 is 8.85 Å². The summed E-state index contributed by atoms with van der Waals surface area (Å²) in [6.07, 6.45) is 1.27. The van der Waals surface area contributed by atoms with E-state index >= 15 is 0 Å². The van der Waals surface area contributed by atoms with Crippen molar-refractivity contribution in [2.24, 2.45) is 5.92 Å². The summed E-state index contributed by atoms with van der Waals surface area (Å²) in [6, 6.07) is 0. The molecule has 1 saturated carbocycles. The van der Waals surface area contributed by atoms with E-state index in [2.05, 4.69) is 64.1 Å². The maximum atomic E-state index is 6.49. The van der Waals surface area contributed by atoms with Gasteiger partial charge in [0.15, 0.2) is 0 Å². The second-order valence-electron chi connectivity index (χ2n) is 7.65. The Balaban J connectivity index is 2.30. The average molecular weight is 368 g/mol. The first-order chi connectivity index (χ1) is 7.52. The number of hydrogen-bond donors (Lipinski definition) is 0. The van der Waals surface area contributed by atoms with E-state index in [-0.39, 0.29) is 10.1 Å². The van der Waals surface area contributed by atoms with Gasteiger partial charge in [-0.1, -0.05) is 64.1 Å². The van der Waals surface area contributed by atoms with Crippen LogP contribution in [0.15, 0.2) is 0 Å². The van der Waals surface area contributed by atoms with Crippen molar-refractivity contribution in [2.45, 2.75) is 61.5 Å². The number of fused-ring (bicyclic) bond motifs is 1. The van der Waals surface area contributed by atoms with Crippen LogP contribution in [0.5, 0.6) is 0 Å². The highest BCUT2D eigenvalue weighted by Gasteiger charge is 2.64. The molecule has 0 bridgehead atoms. The molecule has 1 saturated heterocycles. The first kappa shape index (κ1) is 14.3. The Bertz CT molecular complexity index is 304. The SMILES string of the molecule is CC(C)(C)[Si]1(C(C)(C)C)OC[C@H]2C[C@@]2(I)CO1. The van der Waals surface area contributed by atoms with Gasteiger partial charge in [-0.15, -0.1) is 0 Å². The number of rotatable bonds is 0. The molecule has 1 heterocycles. The van der Waals surface area contributed by atoms with Gasteiger partial charge in [0.25, 0.3) is 0 Å². The van der Waals surface area contributed by atoms with Crippen LogP contribution in [0.3, 0.4) is 0 Å². The molecule has 1 aliphatic heterocycles. The van der Waals surface area contributed by atoms with Crippen molar-refractivity contribution in [1.82, 2.24) is 0 Å². The molecule has 1 aliphatic carbocycles. The van der Waals surface area contributed by atoms with Gasteiger partial charge in [-0.2, -0.15) is 0 Å². The van der Waals surface area contributed by atoms with E-state index in [1.807, 2.05) is 0 Å². The zero-order valence-electron chi connectivity index (χ0n) is 11.9. The van der Waals surface area contributed by atoms with E-state index in [9.17, 15) is 0 Å². The second-order valence-corrected chi connectivity index (χ2v) is 14.6. The molecule has 2 atom stereocenters. The summed E-state index contributed by atoms with van der Waals surface area (Å²) in [5, 5.41) is 0.240. The maximum Gasteiger partial charge on any atom is 0.349 e. The van der Waals surface area contributed by atoms with Crippen molar-refractivity contribution in [3.63, 3.8) is 0 Å². The van der Waals surface area contributed by atoms with Gasteiger partial charge in [0, 0.05) is 20.1 Å². The molecule has 4 heteroatoms. The summed E-state index contributed by atoms with van der Waals surface area (Å²) in [6.45, 7) is 15.5. The third-order valence-electron chi connectivity index (χ3n) is 4.14. The Labute approximate surface area is 120 Å². The fourth-order valence-electron chi connectivity index (χ4n) is 3.21. The molecule has 0 aromatic rings. The summed E-state index contributed by atoms with van der Waals surface area (Å²) >= 11 is 2.58. The summed E-state index contributed by atoms with van der Waals surface area (Å²) in [4.78, 5) is 0. The van der Waals surface area contributed by atoms with Crippen LogP contribution in [0.2, 0.25) is 10.1 Å². The van der Waals surface area contributed by atoms with Gasteiger partial charge in [0.1, 0.15) is 0 Å². The fraction of sp³-hybridized carbons (Fsp3) is 1.00. The molecule has 0 amide bonds. The lowest BCUT2D eigenvalue weighted by molar-refractivity contribution is 0.142.